The molecule has 140 valence electrons. The number of benzene rings is 2. The number of likely N-dealkylation sites (N-methyl/N-ethyl adjacent to an activating group) is 1. The predicted octanol–water partition coefficient (Wildman–Crippen LogP) is 2.78. The first-order chi connectivity index (χ1) is 12.1. The van der Waals surface area contributed by atoms with Gasteiger partial charge in [0.1, 0.15) is 6.04 Å². The van der Waals surface area contributed by atoms with Gasteiger partial charge >= 0.3 is 0 Å². The summed E-state index contributed by atoms with van der Waals surface area (Å²) in [5.74, 6) is -2.75. The molecule has 2 aromatic carbocycles. The highest BCUT2D eigenvalue weighted by Gasteiger charge is 2.31. The van der Waals surface area contributed by atoms with Crippen molar-refractivity contribution in [1.29, 1.82) is 0 Å². The molecule has 0 saturated carbocycles. The maximum Gasteiger partial charge on any atom is 0.246 e. The van der Waals surface area contributed by atoms with Gasteiger partial charge in [0, 0.05) is 19.7 Å². The van der Waals surface area contributed by atoms with Gasteiger partial charge in [0.2, 0.25) is 15.9 Å². The monoisotopic (exact) mass is 382 g/mol. The third kappa shape index (κ3) is 4.57. The Kier molecular flexibility index (Phi) is 5.97. The molecule has 0 fully saturated rings. The van der Waals surface area contributed by atoms with Crippen molar-refractivity contribution in [3.63, 3.8) is 0 Å². The topological polar surface area (TPSA) is 57.7 Å². The van der Waals surface area contributed by atoms with Gasteiger partial charge < -0.3 is 4.90 Å². The number of hydrogen-bond donors (Lipinski definition) is 0. The third-order valence-electron chi connectivity index (χ3n) is 3.86. The standard InChI is InChI=1S/C18H20F2N2O3S/c1-13(18(23)21(2)12-14-7-5-4-6-8-14)22(26(3,24)25)15-9-10-16(19)17(20)11-15/h4-11,13H,12H2,1-3H3. The second kappa shape index (κ2) is 7.82. The normalized spacial score (nSPS) is 12.5. The number of nitrogens with zero attached hydrogens (tertiary/aromatic N) is 2. The lowest BCUT2D eigenvalue weighted by atomic mass is 10.2. The summed E-state index contributed by atoms with van der Waals surface area (Å²) >= 11 is 0. The van der Waals surface area contributed by atoms with Gasteiger partial charge in [-0.3, -0.25) is 9.10 Å². The minimum absolute atomic E-state index is 0.111. The van der Waals surface area contributed by atoms with Gasteiger partial charge in [0.05, 0.1) is 11.9 Å². The Bertz CT molecular complexity index is 889. The molecule has 5 nitrogen and oxygen atoms in total. The molecule has 0 heterocycles. The molecule has 2 rings (SSSR count). The predicted molar refractivity (Wildman–Crippen MR) is 96.1 cm³/mol. The highest BCUT2D eigenvalue weighted by Crippen LogP contribution is 2.24. The SMILES string of the molecule is CC(C(=O)N(C)Cc1ccccc1)N(c1ccc(F)c(F)c1)S(C)(=O)=O. The first-order valence-corrected chi connectivity index (χ1v) is 9.69. The highest BCUT2D eigenvalue weighted by molar-refractivity contribution is 7.92. The second-order valence-corrected chi connectivity index (χ2v) is 7.87. The third-order valence-corrected chi connectivity index (χ3v) is 5.10. The largest absolute Gasteiger partial charge is 0.340 e. The van der Waals surface area contributed by atoms with Crippen LogP contribution in [0.25, 0.3) is 0 Å². The first-order valence-electron chi connectivity index (χ1n) is 7.84. The molecule has 26 heavy (non-hydrogen) atoms. The quantitative estimate of drug-likeness (QED) is 0.772. The average molecular weight is 382 g/mol. The van der Waals surface area contributed by atoms with Crippen molar-refractivity contribution in [3.8, 4) is 0 Å². The van der Waals surface area contributed by atoms with Crippen molar-refractivity contribution in [2.45, 2.75) is 19.5 Å². The van der Waals surface area contributed by atoms with Gasteiger partial charge in [-0.2, -0.15) is 0 Å². The molecule has 1 unspecified atom stereocenters. The number of anilines is 1. The molecule has 0 aliphatic rings. The van der Waals surface area contributed by atoms with Gasteiger partial charge in [-0.1, -0.05) is 30.3 Å². The fraction of sp³-hybridized carbons (Fsp3) is 0.278. The van der Waals surface area contributed by atoms with E-state index >= 15 is 0 Å². The number of hydrogen-bond acceptors (Lipinski definition) is 3. The van der Waals surface area contributed by atoms with Crippen LogP contribution in [0.2, 0.25) is 0 Å². The Morgan fingerprint density at radius 3 is 2.23 bits per heavy atom. The summed E-state index contributed by atoms with van der Waals surface area (Å²) in [6.07, 6.45) is 0.912. The van der Waals surface area contributed by atoms with E-state index in [9.17, 15) is 22.0 Å². The summed E-state index contributed by atoms with van der Waals surface area (Å²) in [6, 6.07) is 10.8. The molecule has 0 N–H and O–H groups in total. The van der Waals surface area contributed by atoms with Crippen LogP contribution in [-0.4, -0.2) is 38.6 Å². The van der Waals surface area contributed by atoms with E-state index in [0.717, 1.165) is 34.3 Å². The molecule has 8 heteroatoms. The highest BCUT2D eigenvalue weighted by atomic mass is 32.2. The average Bonchev–Trinajstić information content (AvgIpc) is 2.57. The zero-order valence-electron chi connectivity index (χ0n) is 14.7. The van der Waals surface area contributed by atoms with E-state index < -0.39 is 33.6 Å². The van der Waals surface area contributed by atoms with Crippen molar-refractivity contribution >= 4 is 21.6 Å². The number of sulfonamides is 1. The maximum atomic E-state index is 13.5. The van der Waals surface area contributed by atoms with Crippen LogP contribution in [0.15, 0.2) is 48.5 Å². The number of carbonyl (C=O) groups is 1. The van der Waals surface area contributed by atoms with E-state index in [1.165, 1.54) is 11.8 Å². The Labute approximate surface area is 151 Å². The Balaban J connectivity index is 2.30. The lowest BCUT2D eigenvalue weighted by Crippen LogP contribution is -2.48. The van der Waals surface area contributed by atoms with Gasteiger partial charge in [-0.25, -0.2) is 17.2 Å². The molecule has 0 radical (unpaired) electrons. The van der Waals surface area contributed by atoms with Crippen molar-refractivity contribution in [2.24, 2.45) is 0 Å². The van der Waals surface area contributed by atoms with Crippen molar-refractivity contribution in [1.82, 2.24) is 4.90 Å². The number of amides is 1. The molecular weight excluding hydrogens is 362 g/mol. The zero-order valence-corrected chi connectivity index (χ0v) is 15.5. The molecule has 0 spiro atoms. The Morgan fingerprint density at radius 2 is 1.69 bits per heavy atom. The minimum atomic E-state index is -3.90. The Hall–Kier alpha value is -2.48. The molecule has 0 saturated heterocycles. The fourth-order valence-electron chi connectivity index (χ4n) is 2.68. The number of rotatable bonds is 6. The molecule has 0 aliphatic carbocycles. The molecule has 0 bridgehead atoms. The summed E-state index contributed by atoms with van der Waals surface area (Å²) in [6.45, 7) is 1.70. The number of halogens is 2. The summed E-state index contributed by atoms with van der Waals surface area (Å²) < 4.78 is 51.9. The van der Waals surface area contributed by atoms with Gasteiger partial charge in [0.15, 0.2) is 11.6 Å². The molecule has 2 aromatic rings. The summed E-state index contributed by atoms with van der Waals surface area (Å²) in [5, 5.41) is 0. The zero-order chi connectivity index (χ0) is 19.5. The van der Waals surface area contributed by atoms with Crippen molar-refractivity contribution in [2.75, 3.05) is 17.6 Å². The van der Waals surface area contributed by atoms with Crippen LogP contribution in [0, 0.1) is 11.6 Å². The van der Waals surface area contributed by atoms with Crippen LogP contribution in [-0.2, 0) is 21.4 Å². The van der Waals surface area contributed by atoms with Gasteiger partial charge in [0.25, 0.3) is 0 Å². The molecule has 1 atom stereocenters. The van der Waals surface area contributed by atoms with Crippen LogP contribution < -0.4 is 4.31 Å². The van der Waals surface area contributed by atoms with Crippen molar-refractivity contribution in [3.05, 3.63) is 65.7 Å². The molecule has 0 aliphatic heterocycles. The Morgan fingerprint density at radius 1 is 1.08 bits per heavy atom. The summed E-state index contributed by atoms with van der Waals surface area (Å²) in [4.78, 5) is 14.1. The minimum Gasteiger partial charge on any atom is -0.340 e. The van der Waals surface area contributed by atoms with E-state index in [1.54, 1.807) is 7.05 Å². The van der Waals surface area contributed by atoms with Crippen molar-refractivity contribution < 1.29 is 22.0 Å². The first kappa shape index (κ1) is 19.8. The smallest absolute Gasteiger partial charge is 0.246 e. The summed E-state index contributed by atoms with van der Waals surface area (Å²) in [7, 11) is -2.35. The van der Waals surface area contributed by atoms with E-state index in [1.807, 2.05) is 30.3 Å². The van der Waals surface area contributed by atoms with E-state index in [4.69, 9.17) is 0 Å². The second-order valence-electron chi connectivity index (χ2n) is 6.01. The molecule has 0 aromatic heterocycles. The lowest BCUT2D eigenvalue weighted by Gasteiger charge is -2.31. The fourth-order valence-corrected chi connectivity index (χ4v) is 3.84. The van der Waals surface area contributed by atoms with E-state index in [-0.39, 0.29) is 5.69 Å². The molecule has 1 amide bonds. The van der Waals surface area contributed by atoms with Crippen LogP contribution in [0.5, 0.6) is 0 Å². The van der Waals surface area contributed by atoms with Gasteiger partial charge in [-0.15, -0.1) is 0 Å². The lowest BCUT2D eigenvalue weighted by molar-refractivity contribution is -0.131. The summed E-state index contributed by atoms with van der Waals surface area (Å²) in [5.41, 5.74) is 0.773. The van der Waals surface area contributed by atoms with Crippen LogP contribution in [0.4, 0.5) is 14.5 Å². The van der Waals surface area contributed by atoms with Crippen LogP contribution in [0.1, 0.15) is 12.5 Å². The molecular formula is C18H20F2N2O3S. The van der Waals surface area contributed by atoms with E-state index in [0.29, 0.717) is 6.54 Å². The van der Waals surface area contributed by atoms with Gasteiger partial charge in [-0.05, 0) is 24.6 Å². The van der Waals surface area contributed by atoms with Crippen LogP contribution >= 0.6 is 0 Å². The maximum absolute atomic E-state index is 13.5. The van der Waals surface area contributed by atoms with Crippen LogP contribution in [0.3, 0.4) is 0 Å². The van der Waals surface area contributed by atoms with E-state index in [2.05, 4.69) is 0 Å². The number of carbonyl (C=O) groups excluding carboxylic acids is 1.